The van der Waals surface area contributed by atoms with Gasteiger partial charge in [-0.25, -0.2) is 0 Å². The lowest BCUT2D eigenvalue weighted by atomic mass is 9.78. The number of hydrogen-bond acceptors (Lipinski definition) is 6. The predicted octanol–water partition coefficient (Wildman–Crippen LogP) is 4.05. The van der Waals surface area contributed by atoms with Crippen LogP contribution in [-0.2, 0) is 4.79 Å². The minimum atomic E-state index is -0.526. The zero-order valence-corrected chi connectivity index (χ0v) is 21.4. The molecule has 1 aromatic heterocycles. The molecule has 1 unspecified atom stereocenters. The Morgan fingerprint density at radius 1 is 0.943 bits per heavy atom. The fourth-order valence-corrected chi connectivity index (χ4v) is 9.25. The number of carbonyl (C=O) groups excluding carboxylic acids is 1. The van der Waals surface area contributed by atoms with Crippen molar-refractivity contribution < 1.29 is 9.90 Å². The number of fused-ring (bicyclic) bond motifs is 6. The van der Waals surface area contributed by atoms with Crippen molar-refractivity contribution in [1.82, 2.24) is 14.2 Å². The van der Waals surface area contributed by atoms with E-state index < -0.39 is 6.23 Å². The smallest absolute Gasteiger partial charge is 0.228 e. The number of aliphatic hydroxyl groups excluding tert-OH is 1. The molecule has 5 aliphatic rings. The molecule has 0 radical (unpaired) electrons. The topological polar surface area (TPSA) is 59.9 Å². The Kier molecular flexibility index (Phi) is 5.78. The Bertz CT molecular complexity index is 1080. The van der Waals surface area contributed by atoms with E-state index in [-0.39, 0.29) is 17.7 Å². The standard InChI is InChI=1S/C28H38N4O2S/c33-27-24-18-9-10-19(15-18)25(24)28(34)32(27)17-21-6-2-1-5-20(21)16-30-11-13-31(14-12-30)26-22-7-3-4-8-23(22)35-29-26/h3-4,7-8,18-21,24-25,27,33H,1-2,5-6,9-17H2/t18-,19+,20-,21-,24+,25-,27?/m0/s1. The van der Waals surface area contributed by atoms with Crippen LogP contribution in [0.25, 0.3) is 10.1 Å². The van der Waals surface area contributed by atoms with Crippen LogP contribution >= 0.6 is 11.5 Å². The fraction of sp³-hybridized carbons (Fsp3) is 0.714. The molecule has 7 heteroatoms. The van der Waals surface area contributed by atoms with Gasteiger partial charge in [0.15, 0.2) is 0 Å². The van der Waals surface area contributed by atoms with E-state index in [2.05, 4.69) is 34.1 Å². The van der Waals surface area contributed by atoms with Crippen LogP contribution in [0.1, 0.15) is 44.9 Å². The number of aliphatic hydroxyl groups is 1. The van der Waals surface area contributed by atoms with Gasteiger partial charge < -0.3 is 14.9 Å². The molecule has 188 valence electrons. The second-order valence-electron chi connectivity index (χ2n) is 11.9. The van der Waals surface area contributed by atoms with Gasteiger partial charge in [-0.3, -0.25) is 9.69 Å². The van der Waals surface area contributed by atoms with E-state index in [1.165, 1.54) is 55.0 Å². The van der Waals surface area contributed by atoms with Gasteiger partial charge in [-0.05, 0) is 79.4 Å². The third-order valence-electron chi connectivity index (χ3n) is 10.2. The minimum Gasteiger partial charge on any atom is -0.373 e. The molecule has 3 aliphatic carbocycles. The first-order chi connectivity index (χ1) is 17.2. The largest absolute Gasteiger partial charge is 0.373 e. The highest BCUT2D eigenvalue weighted by atomic mass is 32.1. The number of benzene rings is 1. The van der Waals surface area contributed by atoms with E-state index in [4.69, 9.17) is 4.37 Å². The first-order valence-electron chi connectivity index (χ1n) is 14.0. The fourth-order valence-electron chi connectivity index (χ4n) is 8.45. The molecule has 3 heterocycles. The molecule has 3 saturated carbocycles. The van der Waals surface area contributed by atoms with Gasteiger partial charge >= 0.3 is 0 Å². The maximum atomic E-state index is 13.3. The summed E-state index contributed by atoms with van der Waals surface area (Å²) in [5.74, 6) is 4.07. The highest BCUT2D eigenvalue weighted by Crippen LogP contribution is 2.57. The summed E-state index contributed by atoms with van der Waals surface area (Å²) in [6.45, 7) is 6.12. The maximum absolute atomic E-state index is 13.3. The summed E-state index contributed by atoms with van der Waals surface area (Å²) in [7, 11) is 0. The molecule has 1 aromatic carbocycles. The van der Waals surface area contributed by atoms with Crippen molar-refractivity contribution in [1.29, 1.82) is 0 Å². The SMILES string of the molecule is O=C1[C@H]2[C@@H]3CC[C@@H](C3)[C@H]2C(O)N1C[C@@H]1CCCC[C@H]1CN1CCN(c2nsc3ccccc23)CC1. The van der Waals surface area contributed by atoms with E-state index in [0.29, 0.717) is 23.7 Å². The lowest BCUT2D eigenvalue weighted by molar-refractivity contribution is -0.138. The lowest BCUT2D eigenvalue weighted by Crippen LogP contribution is -2.50. The number of amides is 1. The number of likely N-dealkylation sites (tertiary alicyclic amines) is 1. The third-order valence-corrected chi connectivity index (χ3v) is 11.1. The van der Waals surface area contributed by atoms with Crippen molar-refractivity contribution in [2.24, 2.45) is 35.5 Å². The lowest BCUT2D eigenvalue weighted by Gasteiger charge is -2.41. The van der Waals surface area contributed by atoms with Gasteiger partial charge in [0.2, 0.25) is 5.91 Å². The highest BCUT2D eigenvalue weighted by molar-refractivity contribution is 7.13. The zero-order valence-electron chi connectivity index (χ0n) is 20.6. The van der Waals surface area contributed by atoms with Gasteiger partial charge in [-0.2, -0.15) is 4.37 Å². The highest BCUT2D eigenvalue weighted by Gasteiger charge is 2.60. The molecular formula is C28H38N4O2S. The summed E-state index contributed by atoms with van der Waals surface area (Å²) in [6.07, 6.45) is 8.11. The van der Waals surface area contributed by atoms with E-state index >= 15 is 0 Å². The van der Waals surface area contributed by atoms with E-state index in [1.54, 1.807) is 11.5 Å². The summed E-state index contributed by atoms with van der Waals surface area (Å²) in [5, 5.41) is 12.5. The molecule has 35 heavy (non-hydrogen) atoms. The van der Waals surface area contributed by atoms with E-state index in [0.717, 1.165) is 45.1 Å². The van der Waals surface area contributed by atoms with Crippen LogP contribution < -0.4 is 4.90 Å². The Morgan fingerprint density at radius 3 is 2.49 bits per heavy atom. The van der Waals surface area contributed by atoms with Crippen molar-refractivity contribution in [2.45, 2.75) is 51.2 Å². The van der Waals surface area contributed by atoms with Crippen LogP contribution in [0.5, 0.6) is 0 Å². The van der Waals surface area contributed by atoms with Crippen LogP contribution in [0, 0.1) is 35.5 Å². The van der Waals surface area contributed by atoms with Crippen molar-refractivity contribution in [3.63, 3.8) is 0 Å². The number of rotatable bonds is 5. The molecule has 1 amide bonds. The molecule has 2 aromatic rings. The monoisotopic (exact) mass is 494 g/mol. The van der Waals surface area contributed by atoms with Crippen molar-refractivity contribution in [2.75, 3.05) is 44.2 Å². The Hall–Kier alpha value is -1.70. The summed E-state index contributed by atoms with van der Waals surface area (Å²) in [4.78, 5) is 20.4. The van der Waals surface area contributed by atoms with E-state index in [1.807, 2.05) is 4.90 Å². The summed E-state index contributed by atoms with van der Waals surface area (Å²) in [5.41, 5.74) is 0. The molecule has 0 spiro atoms. The molecule has 1 N–H and O–H groups in total. The number of nitrogens with zero attached hydrogens (tertiary/aromatic N) is 4. The molecule has 5 fully saturated rings. The van der Waals surface area contributed by atoms with Crippen LogP contribution in [0.15, 0.2) is 24.3 Å². The Morgan fingerprint density at radius 2 is 1.69 bits per heavy atom. The third kappa shape index (κ3) is 3.80. The van der Waals surface area contributed by atoms with Gasteiger partial charge in [0.05, 0.1) is 4.70 Å². The number of carbonyl (C=O) groups is 1. The quantitative estimate of drug-likeness (QED) is 0.680. The molecule has 7 rings (SSSR count). The molecule has 6 nitrogen and oxygen atoms in total. The summed E-state index contributed by atoms with van der Waals surface area (Å²) < 4.78 is 6.04. The first kappa shape index (κ1) is 22.5. The van der Waals surface area contributed by atoms with Crippen molar-refractivity contribution in [3.05, 3.63) is 24.3 Å². The predicted molar refractivity (Wildman–Crippen MR) is 139 cm³/mol. The number of hydrogen-bond donors (Lipinski definition) is 1. The molecular weight excluding hydrogens is 456 g/mol. The molecule has 2 saturated heterocycles. The average molecular weight is 495 g/mol. The van der Waals surface area contributed by atoms with Gasteiger partial charge in [-0.15, -0.1) is 0 Å². The number of anilines is 1. The van der Waals surface area contributed by atoms with Crippen LogP contribution in [0.2, 0.25) is 0 Å². The normalized spacial score (nSPS) is 37.5. The van der Waals surface area contributed by atoms with Crippen LogP contribution in [-0.4, -0.2) is 70.7 Å². The first-order valence-corrected chi connectivity index (χ1v) is 14.7. The summed E-state index contributed by atoms with van der Waals surface area (Å²) >= 11 is 1.60. The van der Waals surface area contributed by atoms with Crippen LogP contribution in [0.4, 0.5) is 5.82 Å². The van der Waals surface area contributed by atoms with Gasteiger partial charge in [0.25, 0.3) is 0 Å². The molecule has 2 aliphatic heterocycles. The van der Waals surface area contributed by atoms with Crippen molar-refractivity contribution >= 4 is 33.3 Å². The van der Waals surface area contributed by atoms with Gasteiger partial charge in [0, 0.05) is 56.5 Å². The summed E-state index contributed by atoms with van der Waals surface area (Å²) in [6, 6.07) is 8.56. The molecule has 2 bridgehead atoms. The Balaban J connectivity index is 0.983. The van der Waals surface area contributed by atoms with Crippen LogP contribution in [0.3, 0.4) is 0 Å². The molecule has 7 atom stereocenters. The number of aromatic nitrogens is 1. The zero-order chi connectivity index (χ0) is 23.5. The van der Waals surface area contributed by atoms with E-state index in [9.17, 15) is 9.90 Å². The average Bonchev–Trinajstić information content (AvgIpc) is 3.66. The van der Waals surface area contributed by atoms with Crippen molar-refractivity contribution in [3.8, 4) is 0 Å². The minimum absolute atomic E-state index is 0.126. The second-order valence-corrected chi connectivity index (χ2v) is 12.7. The number of piperazine rings is 1. The maximum Gasteiger partial charge on any atom is 0.228 e. The van der Waals surface area contributed by atoms with Gasteiger partial charge in [0.1, 0.15) is 12.0 Å². The second kappa shape index (κ2) is 9.00. The van der Waals surface area contributed by atoms with Gasteiger partial charge in [-0.1, -0.05) is 25.0 Å². The Labute approximate surface area is 212 Å².